The molecule has 0 saturated carbocycles. The second kappa shape index (κ2) is 7.76. The maximum Gasteiger partial charge on any atom is 0.238 e. The highest BCUT2D eigenvalue weighted by Crippen LogP contribution is 2.45. The zero-order valence-corrected chi connectivity index (χ0v) is 18.3. The number of rotatable bonds is 4. The zero-order valence-electron chi connectivity index (χ0n) is 17.5. The minimum Gasteiger partial charge on any atom is -0.325 e. The first kappa shape index (κ1) is 21.3. The first-order chi connectivity index (χ1) is 13.0. The number of carbonyl (C=O) groups is 1. The first-order valence-corrected chi connectivity index (χ1v) is 11.9. The van der Waals surface area contributed by atoms with E-state index in [4.69, 9.17) is 0 Å². The molecule has 2 heterocycles. The summed E-state index contributed by atoms with van der Waals surface area (Å²) in [6.45, 7) is 8.70. The molecular weight excluding hydrogens is 374 g/mol. The van der Waals surface area contributed by atoms with Gasteiger partial charge >= 0.3 is 0 Å². The lowest BCUT2D eigenvalue weighted by Gasteiger charge is -2.52. The average Bonchev–Trinajstić information content (AvgIpc) is 2.60. The van der Waals surface area contributed by atoms with E-state index in [-0.39, 0.29) is 16.9 Å². The van der Waals surface area contributed by atoms with Gasteiger partial charge in [0.15, 0.2) is 0 Å². The molecule has 0 aromatic heterocycles. The van der Waals surface area contributed by atoms with Crippen LogP contribution >= 0.6 is 0 Å². The standard InChI is InChI=1S/C21H33N3O3S/c1-17-5-7-18(8-6-17)22-19(25)15-23-13-11-21(12-14-23)10-9-20(2,3)24(16-21)28(4,26)27/h5-8H,9-16H2,1-4H3,(H,22,25). The van der Waals surface area contributed by atoms with E-state index in [2.05, 4.69) is 10.2 Å². The van der Waals surface area contributed by atoms with E-state index in [9.17, 15) is 13.2 Å². The second-order valence-electron chi connectivity index (χ2n) is 9.27. The van der Waals surface area contributed by atoms with E-state index in [1.54, 1.807) is 4.31 Å². The predicted molar refractivity (Wildman–Crippen MR) is 113 cm³/mol. The lowest BCUT2D eigenvalue weighted by Crippen LogP contribution is -2.58. The molecule has 1 aromatic carbocycles. The minimum atomic E-state index is -3.22. The van der Waals surface area contributed by atoms with Crippen LogP contribution in [0.5, 0.6) is 0 Å². The Morgan fingerprint density at radius 2 is 1.68 bits per heavy atom. The van der Waals surface area contributed by atoms with E-state index in [0.717, 1.165) is 50.0 Å². The average molecular weight is 408 g/mol. The van der Waals surface area contributed by atoms with Crippen molar-refractivity contribution in [3.8, 4) is 0 Å². The fourth-order valence-corrected chi connectivity index (χ4v) is 5.99. The Hall–Kier alpha value is -1.44. The van der Waals surface area contributed by atoms with Crippen LogP contribution in [-0.4, -0.2) is 61.5 Å². The van der Waals surface area contributed by atoms with Crippen LogP contribution in [0.4, 0.5) is 5.69 Å². The summed E-state index contributed by atoms with van der Waals surface area (Å²) in [6.07, 6.45) is 5.13. The first-order valence-electron chi connectivity index (χ1n) is 10.1. The Morgan fingerprint density at radius 3 is 2.25 bits per heavy atom. The Balaban J connectivity index is 1.55. The summed E-state index contributed by atoms with van der Waals surface area (Å²) in [7, 11) is -3.22. The Kier molecular flexibility index (Phi) is 5.90. The summed E-state index contributed by atoms with van der Waals surface area (Å²) < 4.78 is 26.3. The molecule has 0 unspecified atom stereocenters. The molecule has 1 spiro atoms. The van der Waals surface area contributed by atoms with Crippen LogP contribution in [0.2, 0.25) is 0 Å². The van der Waals surface area contributed by atoms with Crippen molar-refractivity contribution in [2.24, 2.45) is 5.41 Å². The monoisotopic (exact) mass is 407 g/mol. The fourth-order valence-electron chi connectivity index (χ4n) is 4.49. The maximum absolute atomic E-state index is 12.4. The van der Waals surface area contributed by atoms with Crippen molar-refractivity contribution in [2.75, 3.05) is 37.8 Å². The molecular formula is C21H33N3O3S. The van der Waals surface area contributed by atoms with Gasteiger partial charge in [0.25, 0.3) is 0 Å². The SMILES string of the molecule is Cc1ccc(NC(=O)CN2CCC3(CC2)CCC(C)(C)N(S(C)(=O)=O)C3)cc1. The minimum absolute atomic E-state index is 0.00217. The van der Waals surface area contributed by atoms with Gasteiger partial charge in [-0.2, -0.15) is 4.31 Å². The summed E-state index contributed by atoms with van der Waals surface area (Å²) in [5.74, 6) is 0.00217. The number of aryl methyl sites for hydroxylation is 1. The lowest BCUT2D eigenvalue weighted by atomic mass is 9.69. The van der Waals surface area contributed by atoms with Gasteiger partial charge in [-0.05, 0) is 77.1 Å². The number of piperidine rings is 2. The predicted octanol–water partition coefficient (Wildman–Crippen LogP) is 2.85. The van der Waals surface area contributed by atoms with Gasteiger partial charge in [0.2, 0.25) is 15.9 Å². The van der Waals surface area contributed by atoms with Gasteiger partial charge in [-0.15, -0.1) is 0 Å². The summed E-state index contributed by atoms with van der Waals surface area (Å²) in [6, 6.07) is 7.81. The van der Waals surface area contributed by atoms with Crippen LogP contribution in [0.3, 0.4) is 0 Å². The highest BCUT2D eigenvalue weighted by atomic mass is 32.2. The zero-order chi connectivity index (χ0) is 20.6. The molecule has 0 atom stereocenters. The van der Waals surface area contributed by atoms with Crippen molar-refractivity contribution in [3.63, 3.8) is 0 Å². The van der Waals surface area contributed by atoms with E-state index >= 15 is 0 Å². The van der Waals surface area contributed by atoms with Crippen LogP contribution in [0.15, 0.2) is 24.3 Å². The number of sulfonamides is 1. The van der Waals surface area contributed by atoms with Gasteiger partial charge in [-0.3, -0.25) is 9.69 Å². The molecule has 2 aliphatic heterocycles. The molecule has 3 rings (SSSR count). The van der Waals surface area contributed by atoms with Gasteiger partial charge in [0.1, 0.15) is 0 Å². The Bertz CT molecular complexity index is 810. The molecule has 156 valence electrons. The number of benzene rings is 1. The number of anilines is 1. The van der Waals surface area contributed by atoms with Crippen LogP contribution in [0, 0.1) is 12.3 Å². The van der Waals surface area contributed by atoms with Gasteiger partial charge in [-0.1, -0.05) is 17.7 Å². The molecule has 2 fully saturated rings. The highest BCUT2D eigenvalue weighted by Gasteiger charge is 2.47. The number of nitrogens with one attached hydrogen (secondary N) is 1. The molecule has 7 heteroatoms. The third-order valence-electron chi connectivity index (χ3n) is 6.44. The van der Waals surface area contributed by atoms with E-state index in [0.29, 0.717) is 13.1 Å². The third kappa shape index (κ3) is 4.93. The molecule has 1 aromatic rings. The van der Waals surface area contributed by atoms with Crippen molar-refractivity contribution in [2.45, 2.75) is 52.0 Å². The van der Waals surface area contributed by atoms with Crippen LogP contribution in [-0.2, 0) is 14.8 Å². The van der Waals surface area contributed by atoms with E-state index < -0.39 is 10.0 Å². The third-order valence-corrected chi connectivity index (χ3v) is 7.86. The Labute approximate surface area is 169 Å². The number of nitrogens with zero attached hydrogens (tertiary/aromatic N) is 2. The maximum atomic E-state index is 12.4. The van der Waals surface area contributed by atoms with Gasteiger partial charge in [0.05, 0.1) is 12.8 Å². The summed E-state index contributed by atoms with van der Waals surface area (Å²) in [5.41, 5.74) is 1.72. The topological polar surface area (TPSA) is 69.7 Å². The number of hydrogen-bond donors (Lipinski definition) is 1. The molecule has 2 saturated heterocycles. The van der Waals surface area contributed by atoms with E-state index in [1.807, 2.05) is 45.0 Å². The highest BCUT2D eigenvalue weighted by molar-refractivity contribution is 7.88. The molecule has 28 heavy (non-hydrogen) atoms. The van der Waals surface area contributed by atoms with Gasteiger partial charge in [-0.25, -0.2) is 8.42 Å². The lowest BCUT2D eigenvalue weighted by molar-refractivity contribution is -0.118. The molecule has 0 aliphatic carbocycles. The second-order valence-corrected chi connectivity index (χ2v) is 11.2. The quantitative estimate of drug-likeness (QED) is 0.833. The van der Waals surface area contributed by atoms with Crippen molar-refractivity contribution >= 4 is 21.6 Å². The smallest absolute Gasteiger partial charge is 0.238 e. The van der Waals surface area contributed by atoms with Crippen molar-refractivity contribution < 1.29 is 13.2 Å². The van der Waals surface area contributed by atoms with Crippen molar-refractivity contribution in [1.29, 1.82) is 0 Å². The van der Waals surface area contributed by atoms with Crippen molar-refractivity contribution in [3.05, 3.63) is 29.8 Å². The number of hydrogen-bond acceptors (Lipinski definition) is 4. The molecule has 0 bridgehead atoms. The molecule has 1 amide bonds. The summed E-state index contributed by atoms with van der Waals surface area (Å²) >= 11 is 0. The number of carbonyl (C=O) groups excluding carboxylic acids is 1. The number of likely N-dealkylation sites (tertiary alicyclic amines) is 1. The Morgan fingerprint density at radius 1 is 1.07 bits per heavy atom. The fraction of sp³-hybridized carbons (Fsp3) is 0.667. The van der Waals surface area contributed by atoms with Gasteiger partial charge < -0.3 is 5.32 Å². The molecule has 6 nitrogen and oxygen atoms in total. The van der Waals surface area contributed by atoms with Crippen LogP contribution in [0.25, 0.3) is 0 Å². The van der Waals surface area contributed by atoms with Crippen molar-refractivity contribution in [1.82, 2.24) is 9.21 Å². The summed E-state index contributed by atoms with van der Waals surface area (Å²) in [4.78, 5) is 14.5. The van der Waals surface area contributed by atoms with Gasteiger partial charge in [0, 0.05) is 17.8 Å². The molecule has 2 aliphatic rings. The number of amides is 1. The largest absolute Gasteiger partial charge is 0.325 e. The normalized spacial score (nSPS) is 22.9. The summed E-state index contributed by atoms with van der Waals surface area (Å²) in [5, 5.41) is 2.96. The van der Waals surface area contributed by atoms with E-state index in [1.165, 1.54) is 6.26 Å². The van der Waals surface area contributed by atoms with Crippen LogP contribution < -0.4 is 5.32 Å². The van der Waals surface area contributed by atoms with Crippen LogP contribution in [0.1, 0.15) is 45.1 Å². The molecule has 0 radical (unpaired) electrons. The molecule has 1 N–H and O–H groups in total.